The summed E-state index contributed by atoms with van der Waals surface area (Å²) in [6.45, 7) is 1.57. The maximum Gasteiger partial charge on any atom is 0.240 e. The van der Waals surface area contributed by atoms with Gasteiger partial charge in [-0.1, -0.05) is 30.3 Å². The molecule has 0 radical (unpaired) electrons. The van der Waals surface area contributed by atoms with Crippen molar-refractivity contribution >= 4 is 5.91 Å². The second kappa shape index (κ2) is 6.89. The summed E-state index contributed by atoms with van der Waals surface area (Å²) in [6, 6.07) is 12.0. The third-order valence-electron chi connectivity index (χ3n) is 4.24. The van der Waals surface area contributed by atoms with Gasteiger partial charge in [-0.15, -0.1) is 0 Å². The predicted octanol–water partition coefficient (Wildman–Crippen LogP) is 1.87. The molecule has 0 unspecified atom stereocenters. The average Bonchev–Trinajstić information content (AvgIpc) is 2.61. The van der Waals surface area contributed by atoms with Crippen molar-refractivity contribution < 1.29 is 9.53 Å². The quantitative estimate of drug-likeness (QED) is 0.903. The van der Waals surface area contributed by atoms with Gasteiger partial charge >= 0.3 is 0 Å². The number of aromatic nitrogens is 1. The highest BCUT2D eigenvalue weighted by atomic mass is 16.5. The first-order valence-corrected chi connectivity index (χ1v) is 7.82. The van der Waals surface area contributed by atoms with E-state index in [9.17, 15) is 4.79 Å². The summed E-state index contributed by atoms with van der Waals surface area (Å²) in [5, 5.41) is 2.94. The summed E-state index contributed by atoms with van der Waals surface area (Å²) in [6.07, 6.45) is 4.73. The summed E-state index contributed by atoms with van der Waals surface area (Å²) in [5.41, 5.74) is 8.59. The van der Waals surface area contributed by atoms with Crippen molar-refractivity contribution in [2.45, 2.75) is 24.9 Å². The Morgan fingerprint density at radius 3 is 2.57 bits per heavy atom. The molecule has 23 heavy (non-hydrogen) atoms. The summed E-state index contributed by atoms with van der Waals surface area (Å²) in [5.74, 6) is -0.0999. The molecule has 1 amide bonds. The summed E-state index contributed by atoms with van der Waals surface area (Å²) >= 11 is 0. The molecule has 1 saturated heterocycles. The van der Waals surface area contributed by atoms with Crippen molar-refractivity contribution in [3.05, 3.63) is 54.4 Å². The molecule has 3 N–H and O–H groups in total. The number of pyridine rings is 1. The van der Waals surface area contributed by atoms with Crippen LogP contribution in [0.5, 0.6) is 0 Å². The Kier molecular flexibility index (Phi) is 4.69. The van der Waals surface area contributed by atoms with E-state index >= 15 is 0 Å². The Labute approximate surface area is 135 Å². The van der Waals surface area contributed by atoms with Crippen LogP contribution in [0.25, 0.3) is 11.1 Å². The number of hydrogen-bond acceptors (Lipinski definition) is 4. The summed E-state index contributed by atoms with van der Waals surface area (Å²) in [4.78, 5) is 16.4. The van der Waals surface area contributed by atoms with Crippen LogP contribution >= 0.6 is 0 Å². The van der Waals surface area contributed by atoms with E-state index in [0.29, 0.717) is 32.6 Å². The lowest BCUT2D eigenvalue weighted by Gasteiger charge is -2.31. The zero-order chi connectivity index (χ0) is 16.1. The summed E-state index contributed by atoms with van der Waals surface area (Å²) in [7, 11) is 0. The van der Waals surface area contributed by atoms with E-state index in [1.165, 1.54) is 0 Å². The minimum Gasteiger partial charge on any atom is -0.381 e. The van der Waals surface area contributed by atoms with Gasteiger partial charge in [0, 0.05) is 32.2 Å². The third-order valence-corrected chi connectivity index (χ3v) is 4.24. The normalized spacial score (nSPS) is 16.7. The van der Waals surface area contributed by atoms with Crippen molar-refractivity contribution in [2.24, 2.45) is 5.73 Å². The monoisotopic (exact) mass is 311 g/mol. The highest BCUT2D eigenvalue weighted by molar-refractivity contribution is 5.86. The van der Waals surface area contributed by atoms with Gasteiger partial charge in [0.25, 0.3) is 0 Å². The standard InChI is InChI=1S/C18H21N3O2/c19-18(7-10-23-11-8-18)17(22)21-12-14-3-5-15(6-4-14)16-2-1-9-20-13-16/h1-6,9,13H,7-8,10-12,19H2,(H,21,22). The fourth-order valence-corrected chi connectivity index (χ4v) is 2.67. The van der Waals surface area contributed by atoms with Crippen molar-refractivity contribution in [3.63, 3.8) is 0 Å². The van der Waals surface area contributed by atoms with Crippen molar-refractivity contribution in [1.29, 1.82) is 0 Å². The highest BCUT2D eigenvalue weighted by Crippen LogP contribution is 2.20. The molecule has 1 aromatic heterocycles. The van der Waals surface area contributed by atoms with E-state index in [1.54, 1.807) is 6.20 Å². The van der Waals surface area contributed by atoms with E-state index < -0.39 is 5.54 Å². The number of amides is 1. The lowest BCUT2D eigenvalue weighted by Crippen LogP contribution is -2.56. The molecule has 2 aromatic rings. The van der Waals surface area contributed by atoms with Gasteiger partial charge in [-0.05, 0) is 35.6 Å². The number of nitrogens with two attached hydrogens (primary N) is 1. The fourth-order valence-electron chi connectivity index (χ4n) is 2.67. The first kappa shape index (κ1) is 15.6. The number of carbonyl (C=O) groups excluding carboxylic acids is 1. The van der Waals surface area contributed by atoms with E-state index in [2.05, 4.69) is 10.3 Å². The van der Waals surface area contributed by atoms with Crippen LogP contribution in [0.3, 0.4) is 0 Å². The third kappa shape index (κ3) is 3.75. The van der Waals surface area contributed by atoms with Crippen LogP contribution in [-0.4, -0.2) is 29.6 Å². The SMILES string of the molecule is NC1(C(=O)NCc2ccc(-c3cccnc3)cc2)CCOCC1. The van der Waals surface area contributed by atoms with E-state index in [0.717, 1.165) is 16.7 Å². The molecule has 5 heteroatoms. The molecular formula is C18H21N3O2. The molecule has 2 heterocycles. The number of nitrogens with one attached hydrogen (secondary N) is 1. The van der Waals surface area contributed by atoms with Crippen molar-refractivity contribution in [1.82, 2.24) is 10.3 Å². The first-order chi connectivity index (χ1) is 11.2. The molecular weight excluding hydrogens is 290 g/mol. The molecule has 0 atom stereocenters. The van der Waals surface area contributed by atoms with Crippen LogP contribution in [0.15, 0.2) is 48.8 Å². The van der Waals surface area contributed by atoms with Gasteiger partial charge in [-0.25, -0.2) is 0 Å². The number of hydrogen-bond donors (Lipinski definition) is 2. The summed E-state index contributed by atoms with van der Waals surface area (Å²) < 4.78 is 5.27. The zero-order valence-corrected chi connectivity index (χ0v) is 13.0. The van der Waals surface area contributed by atoms with Crippen LogP contribution in [-0.2, 0) is 16.1 Å². The number of nitrogens with zero attached hydrogens (tertiary/aromatic N) is 1. The van der Waals surface area contributed by atoms with Crippen molar-refractivity contribution in [3.8, 4) is 11.1 Å². The Balaban J connectivity index is 1.59. The van der Waals surface area contributed by atoms with Gasteiger partial charge in [-0.3, -0.25) is 9.78 Å². The molecule has 0 bridgehead atoms. The smallest absolute Gasteiger partial charge is 0.240 e. The highest BCUT2D eigenvalue weighted by Gasteiger charge is 2.35. The molecule has 0 spiro atoms. The maximum absolute atomic E-state index is 12.3. The van der Waals surface area contributed by atoms with E-state index in [4.69, 9.17) is 10.5 Å². The lowest BCUT2D eigenvalue weighted by atomic mass is 9.90. The van der Waals surface area contributed by atoms with Gasteiger partial charge in [0.2, 0.25) is 5.91 Å². The second-order valence-electron chi connectivity index (χ2n) is 5.89. The molecule has 1 aliphatic heterocycles. The van der Waals surface area contributed by atoms with Gasteiger partial charge < -0.3 is 15.8 Å². The topological polar surface area (TPSA) is 77.2 Å². The van der Waals surface area contributed by atoms with Gasteiger partial charge in [0.15, 0.2) is 0 Å². The van der Waals surface area contributed by atoms with Crippen LogP contribution < -0.4 is 11.1 Å². The van der Waals surface area contributed by atoms with Gasteiger partial charge in [-0.2, -0.15) is 0 Å². The zero-order valence-electron chi connectivity index (χ0n) is 13.0. The Hall–Kier alpha value is -2.24. The van der Waals surface area contributed by atoms with Crippen LogP contribution in [0, 0.1) is 0 Å². The predicted molar refractivity (Wildman–Crippen MR) is 88.5 cm³/mol. The number of benzene rings is 1. The number of carbonyl (C=O) groups is 1. The largest absolute Gasteiger partial charge is 0.381 e. The molecule has 3 rings (SSSR count). The number of ether oxygens (including phenoxy) is 1. The van der Waals surface area contributed by atoms with E-state index in [1.807, 2.05) is 42.6 Å². The minimum absolute atomic E-state index is 0.0999. The molecule has 0 saturated carbocycles. The molecule has 1 aromatic carbocycles. The average molecular weight is 311 g/mol. The second-order valence-corrected chi connectivity index (χ2v) is 5.89. The minimum atomic E-state index is -0.798. The van der Waals surface area contributed by atoms with Crippen molar-refractivity contribution in [2.75, 3.05) is 13.2 Å². The maximum atomic E-state index is 12.3. The molecule has 1 aliphatic rings. The van der Waals surface area contributed by atoms with Crippen LogP contribution in [0.2, 0.25) is 0 Å². The van der Waals surface area contributed by atoms with Gasteiger partial charge in [0.1, 0.15) is 0 Å². The van der Waals surface area contributed by atoms with E-state index in [-0.39, 0.29) is 5.91 Å². The Morgan fingerprint density at radius 2 is 1.91 bits per heavy atom. The Morgan fingerprint density at radius 1 is 1.17 bits per heavy atom. The van der Waals surface area contributed by atoms with Gasteiger partial charge in [0.05, 0.1) is 5.54 Å². The fraction of sp³-hybridized carbons (Fsp3) is 0.333. The molecule has 0 aliphatic carbocycles. The first-order valence-electron chi connectivity index (χ1n) is 7.82. The molecule has 120 valence electrons. The van der Waals surface area contributed by atoms with Crippen LogP contribution in [0.1, 0.15) is 18.4 Å². The lowest BCUT2D eigenvalue weighted by molar-refractivity contribution is -0.129. The molecule has 1 fully saturated rings. The molecule has 5 nitrogen and oxygen atoms in total. The van der Waals surface area contributed by atoms with Crippen LogP contribution in [0.4, 0.5) is 0 Å². The number of rotatable bonds is 4. The Bertz CT molecular complexity index is 650.